The Kier molecular flexibility index (Phi) is 5.34. The number of aromatic nitrogens is 4. The molecule has 1 aromatic carbocycles. The van der Waals surface area contributed by atoms with Crippen LogP contribution in [0.4, 0.5) is 0 Å². The highest BCUT2D eigenvalue weighted by atomic mass is 16.1. The van der Waals surface area contributed by atoms with Crippen molar-refractivity contribution in [1.29, 1.82) is 0 Å². The first-order chi connectivity index (χ1) is 13.6. The molecule has 146 valence electrons. The van der Waals surface area contributed by atoms with Gasteiger partial charge in [0.1, 0.15) is 5.82 Å². The number of fused-ring (bicyclic) bond motifs is 2. The van der Waals surface area contributed by atoms with E-state index >= 15 is 0 Å². The number of nitrogens with zero attached hydrogens (tertiary/aromatic N) is 4. The predicted octanol–water partition coefficient (Wildman–Crippen LogP) is 2.49. The monoisotopic (exact) mass is 378 g/mol. The molecule has 3 heterocycles. The van der Waals surface area contributed by atoms with Crippen LogP contribution in [0.25, 0.3) is 10.8 Å². The second-order valence-corrected chi connectivity index (χ2v) is 7.68. The van der Waals surface area contributed by atoms with Crippen LogP contribution >= 0.6 is 0 Å². The van der Waals surface area contributed by atoms with Crippen molar-refractivity contribution in [3.8, 4) is 0 Å². The Balaban J connectivity index is 1.66. The van der Waals surface area contributed by atoms with Crippen LogP contribution in [0.5, 0.6) is 0 Å². The summed E-state index contributed by atoms with van der Waals surface area (Å²) in [6, 6.07) is 7.43. The molecule has 7 heteroatoms. The Morgan fingerprint density at radius 3 is 3.00 bits per heavy atom. The van der Waals surface area contributed by atoms with Crippen molar-refractivity contribution in [3.63, 3.8) is 0 Å². The minimum absolute atomic E-state index is 0.0912. The third-order valence-corrected chi connectivity index (χ3v) is 5.14. The van der Waals surface area contributed by atoms with E-state index in [0.717, 1.165) is 54.9 Å². The number of carbonyl (C=O) groups is 1. The standard InChI is InChI=1S/C21H26N6O/c1-14(2)12-18(20-26-25-19-7-9-22-10-11-27(19)20)24-21(28)17-5-3-4-15-13-23-8-6-16(15)17/h3-6,8,13-14,18,22H,7,9-12H2,1-2H3,(H,24,28). The smallest absolute Gasteiger partial charge is 0.252 e. The number of amides is 1. The molecule has 0 saturated heterocycles. The van der Waals surface area contributed by atoms with Crippen molar-refractivity contribution in [2.24, 2.45) is 5.92 Å². The lowest BCUT2D eigenvalue weighted by Crippen LogP contribution is -2.32. The van der Waals surface area contributed by atoms with Gasteiger partial charge in [-0.15, -0.1) is 10.2 Å². The van der Waals surface area contributed by atoms with Gasteiger partial charge in [0.25, 0.3) is 5.91 Å². The number of pyridine rings is 1. The van der Waals surface area contributed by atoms with Gasteiger partial charge in [-0.1, -0.05) is 26.0 Å². The van der Waals surface area contributed by atoms with E-state index in [2.05, 4.69) is 44.2 Å². The van der Waals surface area contributed by atoms with Crippen molar-refractivity contribution in [3.05, 3.63) is 53.9 Å². The first-order valence-electron chi connectivity index (χ1n) is 9.90. The van der Waals surface area contributed by atoms with Gasteiger partial charge < -0.3 is 15.2 Å². The summed E-state index contributed by atoms with van der Waals surface area (Å²) >= 11 is 0. The summed E-state index contributed by atoms with van der Waals surface area (Å²) in [5.41, 5.74) is 0.658. The maximum Gasteiger partial charge on any atom is 0.252 e. The van der Waals surface area contributed by atoms with Gasteiger partial charge in [0.05, 0.1) is 6.04 Å². The quantitative estimate of drug-likeness (QED) is 0.713. The fraction of sp³-hybridized carbons (Fsp3) is 0.429. The van der Waals surface area contributed by atoms with E-state index in [1.165, 1.54) is 0 Å². The van der Waals surface area contributed by atoms with Crippen molar-refractivity contribution in [2.75, 3.05) is 13.1 Å². The molecular formula is C21H26N6O. The van der Waals surface area contributed by atoms with E-state index in [4.69, 9.17) is 0 Å². The van der Waals surface area contributed by atoms with E-state index in [9.17, 15) is 4.79 Å². The highest BCUT2D eigenvalue weighted by molar-refractivity contribution is 6.06. The van der Waals surface area contributed by atoms with Gasteiger partial charge in [0.15, 0.2) is 5.82 Å². The molecular weight excluding hydrogens is 352 g/mol. The molecule has 7 nitrogen and oxygen atoms in total. The van der Waals surface area contributed by atoms with Crippen molar-refractivity contribution in [2.45, 2.75) is 39.3 Å². The average molecular weight is 378 g/mol. The summed E-state index contributed by atoms with van der Waals surface area (Å²) in [6.45, 7) is 6.93. The zero-order valence-electron chi connectivity index (χ0n) is 16.4. The maximum absolute atomic E-state index is 13.2. The predicted molar refractivity (Wildman–Crippen MR) is 108 cm³/mol. The topological polar surface area (TPSA) is 84.7 Å². The van der Waals surface area contributed by atoms with Crippen LogP contribution in [-0.4, -0.2) is 38.7 Å². The zero-order valence-corrected chi connectivity index (χ0v) is 16.4. The molecule has 1 aliphatic heterocycles. The molecule has 0 radical (unpaired) electrons. The van der Waals surface area contributed by atoms with Crippen LogP contribution < -0.4 is 10.6 Å². The van der Waals surface area contributed by atoms with E-state index in [1.54, 1.807) is 12.4 Å². The van der Waals surface area contributed by atoms with Crippen LogP contribution in [-0.2, 0) is 13.0 Å². The lowest BCUT2D eigenvalue weighted by molar-refractivity contribution is 0.0930. The largest absolute Gasteiger partial charge is 0.342 e. The molecule has 0 fully saturated rings. The molecule has 0 saturated carbocycles. The number of benzene rings is 1. The molecule has 0 bridgehead atoms. The van der Waals surface area contributed by atoms with Crippen molar-refractivity contribution >= 4 is 16.7 Å². The zero-order chi connectivity index (χ0) is 19.5. The minimum Gasteiger partial charge on any atom is -0.342 e. The molecule has 1 aliphatic rings. The molecule has 0 spiro atoms. The van der Waals surface area contributed by atoms with Gasteiger partial charge in [-0.3, -0.25) is 9.78 Å². The molecule has 2 N–H and O–H groups in total. The third-order valence-electron chi connectivity index (χ3n) is 5.14. The summed E-state index contributed by atoms with van der Waals surface area (Å²) < 4.78 is 2.17. The molecule has 28 heavy (non-hydrogen) atoms. The van der Waals surface area contributed by atoms with Crippen LogP contribution in [0.1, 0.15) is 48.3 Å². The number of hydrogen-bond donors (Lipinski definition) is 2. The molecule has 1 atom stereocenters. The van der Waals surface area contributed by atoms with Crippen LogP contribution in [0, 0.1) is 5.92 Å². The first-order valence-corrected chi connectivity index (χ1v) is 9.90. The first kappa shape index (κ1) is 18.6. The molecule has 1 amide bonds. The average Bonchev–Trinajstić information content (AvgIpc) is 2.95. The number of carbonyl (C=O) groups excluding carboxylic acids is 1. The summed E-state index contributed by atoms with van der Waals surface area (Å²) in [4.78, 5) is 17.3. The maximum atomic E-state index is 13.2. The minimum atomic E-state index is -0.177. The third kappa shape index (κ3) is 3.75. The van der Waals surface area contributed by atoms with Crippen LogP contribution in [0.2, 0.25) is 0 Å². The van der Waals surface area contributed by atoms with Gasteiger partial charge in [-0.2, -0.15) is 0 Å². The number of hydrogen-bond acceptors (Lipinski definition) is 5. The number of rotatable bonds is 5. The van der Waals surface area contributed by atoms with Gasteiger partial charge in [0, 0.05) is 49.4 Å². The highest BCUT2D eigenvalue weighted by Crippen LogP contribution is 2.24. The van der Waals surface area contributed by atoms with Gasteiger partial charge in [-0.05, 0) is 29.9 Å². The van der Waals surface area contributed by atoms with E-state index in [0.29, 0.717) is 11.5 Å². The van der Waals surface area contributed by atoms with E-state index in [1.807, 2.05) is 24.3 Å². The Hall–Kier alpha value is -2.80. The van der Waals surface area contributed by atoms with E-state index in [-0.39, 0.29) is 11.9 Å². The van der Waals surface area contributed by atoms with Crippen molar-refractivity contribution < 1.29 is 4.79 Å². The lowest BCUT2D eigenvalue weighted by Gasteiger charge is -2.21. The highest BCUT2D eigenvalue weighted by Gasteiger charge is 2.25. The summed E-state index contributed by atoms with van der Waals surface area (Å²) in [7, 11) is 0. The van der Waals surface area contributed by atoms with Crippen LogP contribution in [0.15, 0.2) is 36.7 Å². The molecule has 3 aromatic rings. The SMILES string of the molecule is CC(C)CC(NC(=O)c1cccc2cnccc12)c1nnc2n1CCNCC2. The van der Waals surface area contributed by atoms with E-state index < -0.39 is 0 Å². The fourth-order valence-electron chi connectivity index (χ4n) is 3.81. The normalized spacial score (nSPS) is 15.2. The summed E-state index contributed by atoms with van der Waals surface area (Å²) in [5.74, 6) is 2.16. The molecule has 0 aliphatic carbocycles. The Labute approximate surface area is 164 Å². The second kappa shape index (κ2) is 8.06. The molecule has 1 unspecified atom stereocenters. The Morgan fingerprint density at radius 2 is 2.14 bits per heavy atom. The summed E-state index contributed by atoms with van der Waals surface area (Å²) in [6.07, 6.45) is 5.16. The molecule has 4 rings (SSSR count). The van der Waals surface area contributed by atoms with Crippen LogP contribution in [0.3, 0.4) is 0 Å². The van der Waals surface area contributed by atoms with Gasteiger partial charge in [-0.25, -0.2) is 0 Å². The Morgan fingerprint density at radius 1 is 1.25 bits per heavy atom. The van der Waals surface area contributed by atoms with Gasteiger partial charge in [0.2, 0.25) is 0 Å². The Bertz CT molecular complexity index is 975. The second-order valence-electron chi connectivity index (χ2n) is 7.68. The van der Waals surface area contributed by atoms with Crippen molar-refractivity contribution in [1.82, 2.24) is 30.4 Å². The lowest BCUT2D eigenvalue weighted by atomic mass is 10.0. The van der Waals surface area contributed by atoms with Gasteiger partial charge >= 0.3 is 0 Å². The number of nitrogens with one attached hydrogen (secondary N) is 2. The molecule has 2 aromatic heterocycles. The summed E-state index contributed by atoms with van der Waals surface area (Å²) in [5, 5.41) is 17.3. The fourth-order valence-corrected chi connectivity index (χ4v) is 3.81.